The van der Waals surface area contributed by atoms with Crippen LogP contribution in [-0.2, 0) is 31.8 Å². The van der Waals surface area contributed by atoms with E-state index in [1.807, 2.05) is 36.4 Å². The molecular weight excluding hydrogens is 542 g/mol. The van der Waals surface area contributed by atoms with E-state index in [2.05, 4.69) is 15.6 Å². The molecule has 0 fully saturated rings. The number of guanidine groups is 1. The van der Waals surface area contributed by atoms with Gasteiger partial charge in [-0.05, 0) is 96.7 Å². The van der Waals surface area contributed by atoms with Gasteiger partial charge in [-0.15, -0.1) is 0 Å². The highest BCUT2D eigenvalue weighted by molar-refractivity contribution is 6.02. The Hall–Kier alpha value is -4.12. The molecule has 1 unspecified atom stereocenters. The first-order valence-electron chi connectivity index (χ1n) is 13.9. The highest BCUT2D eigenvalue weighted by Crippen LogP contribution is 2.17. The molecule has 11 nitrogen and oxygen atoms in total. The Labute approximate surface area is 247 Å². The van der Waals surface area contributed by atoms with Crippen molar-refractivity contribution in [3.63, 3.8) is 0 Å². The zero-order chi connectivity index (χ0) is 31.3. The monoisotopic (exact) mass is 585 g/mol. The van der Waals surface area contributed by atoms with Crippen molar-refractivity contribution >= 4 is 29.8 Å². The molecule has 2 amide bonds. The molecule has 0 aliphatic heterocycles. The van der Waals surface area contributed by atoms with Crippen LogP contribution in [0.1, 0.15) is 66.0 Å². The summed E-state index contributed by atoms with van der Waals surface area (Å²) in [5, 5.41) is 14.2. The van der Waals surface area contributed by atoms with Crippen LogP contribution in [0.2, 0.25) is 0 Å². The van der Waals surface area contributed by atoms with Gasteiger partial charge in [0, 0.05) is 13.0 Å². The quantitative estimate of drug-likeness (QED) is 0.171. The summed E-state index contributed by atoms with van der Waals surface area (Å²) in [6, 6.07) is 14.7. The van der Waals surface area contributed by atoms with Crippen molar-refractivity contribution in [1.29, 1.82) is 0 Å². The fourth-order valence-electron chi connectivity index (χ4n) is 3.57. The van der Waals surface area contributed by atoms with E-state index in [0.29, 0.717) is 31.1 Å². The van der Waals surface area contributed by atoms with Crippen LogP contribution in [0.25, 0.3) is 0 Å². The van der Waals surface area contributed by atoms with Gasteiger partial charge in [0.1, 0.15) is 17.0 Å². The van der Waals surface area contributed by atoms with Gasteiger partial charge in [0.2, 0.25) is 5.96 Å². The molecule has 1 atom stereocenters. The van der Waals surface area contributed by atoms with Gasteiger partial charge in [0.25, 0.3) is 0 Å². The molecule has 0 saturated carbocycles. The largest absolute Gasteiger partial charge is 0.494 e. The number of carboxylic acids is 1. The van der Waals surface area contributed by atoms with Crippen molar-refractivity contribution in [2.24, 2.45) is 4.99 Å². The van der Waals surface area contributed by atoms with Crippen LogP contribution < -0.4 is 15.4 Å². The van der Waals surface area contributed by atoms with Crippen LogP contribution in [0.3, 0.4) is 0 Å². The lowest BCUT2D eigenvalue weighted by molar-refractivity contribution is -0.149. The van der Waals surface area contributed by atoms with E-state index in [1.165, 1.54) is 0 Å². The van der Waals surface area contributed by atoms with Crippen molar-refractivity contribution in [2.75, 3.05) is 13.2 Å². The van der Waals surface area contributed by atoms with Crippen LogP contribution in [0.4, 0.5) is 15.3 Å². The van der Waals surface area contributed by atoms with Crippen LogP contribution >= 0.6 is 0 Å². The number of hydrogen-bond donors (Lipinski definition) is 3. The number of carbonyl (C=O) groups is 3. The number of nitrogens with one attached hydrogen (secondary N) is 2. The Morgan fingerprint density at radius 2 is 1.36 bits per heavy atom. The van der Waals surface area contributed by atoms with Gasteiger partial charge in [0.05, 0.1) is 12.3 Å². The summed E-state index contributed by atoms with van der Waals surface area (Å²) in [5.74, 6) is -0.399. The number of carbonyl (C=O) groups excluding carboxylic acids is 2. The number of rotatable bonds is 11. The first kappa shape index (κ1) is 34.1. The first-order chi connectivity index (χ1) is 19.6. The Morgan fingerprint density at radius 1 is 0.833 bits per heavy atom. The number of aliphatic imine (C=N–C) groups is 1. The normalized spacial score (nSPS) is 12.1. The first-order valence-corrected chi connectivity index (χ1v) is 13.9. The topological polar surface area (TPSA) is 145 Å². The lowest BCUT2D eigenvalue weighted by Gasteiger charge is -2.22. The van der Waals surface area contributed by atoms with Crippen molar-refractivity contribution in [3.8, 4) is 5.75 Å². The summed E-state index contributed by atoms with van der Waals surface area (Å²) in [4.78, 5) is 40.2. The van der Waals surface area contributed by atoms with Crippen LogP contribution in [0, 0.1) is 0 Å². The second-order valence-corrected chi connectivity index (χ2v) is 11.5. The molecule has 3 N–H and O–H groups in total. The van der Waals surface area contributed by atoms with Crippen LogP contribution in [0.5, 0.6) is 5.75 Å². The number of alkyl carbamates (subject to hydrolysis) is 2. The maximum atomic E-state index is 12.3. The molecule has 230 valence electrons. The number of aryl methyl sites for hydroxylation is 1. The fourth-order valence-corrected chi connectivity index (χ4v) is 3.57. The molecule has 0 aromatic heterocycles. The number of aliphatic carboxylic acids is 1. The summed E-state index contributed by atoms with van der Waals surface area (Å²) in [6.07, 6.45) is -0.582. The van der Waals surface area contributed by atoms with E-state index in [4.69, 9.17) is 18.9 Å². The molecule has 0 heterocycles. The minimum absolute atomic E-state index is 0.123. The second kappa shape index (κ2) is 15.8. The number of nitrogens with zero attached hydrogens (tertiary/aromatic N) is 1. The average molecular weight is 586 g/mol. The van der Waals surface area contributed by atoms with Crippen molar-refractivity contribution in [1.82, 2.24) is 10.6 Å². The van der Waals surface area contributed by atoms with Crippen molar-refractivity contribution in [2.45, 2.75) is 85.0 Å². The third kappa shape index (κ3) is 14.0. The number of hydrogen-bond acceptors (Lipinski definition) is 8. The van der Waals surface area contributed by atoms with Crippen molar-refractivity contribution < 1.29 is 38.4 Å². The zero-order valence-corrected chi connectivity index (χ0v) is 25.5. The predicted molar refractivity (Wildman–Crippen MR) is 159 cm³/mol. The SMILES string of the molecule is CCOC(Cc1ccc(OCCCc2ccc(N=C(NC(=O)OC(C)(C)C)NC(=O)OC(C)(C)C)cc2)cc1)C(=O)O. The van der Waals surface area contributed by atoms with E-state index < -0.39 is 35.5 Å². The Kier molecular flexibility index (Phi) is 12.8. The third-order valence-electron chi connectivity index (χ3n) is 5.28. The smallest absolute Gasteiger partial charge is 0.414 e. The standard InChI is InChI=1S/C31H43N3O8/c1-8-39-25(26(35)36)20-22-13-17-24(18-14-22)40-19-9-10-21-11-15-23(16-12-21)32-27(33-28(37)41-30(2,3)4)34-29(38)42-31(5,6)7/h11-18,25H,8-10,19-20H2,1-7H3,(H,35,36)(H2,32,33,34,37,38). The van der Waals surface area contributed by atoms with E-state index in [1.54, 1.807) is 60.6 Å². The maximum Gasteiger partial charge on any atom is 0.414 e. The van der Waals surface area contributed by atoms with E-state index in [-0.39, 0.29) is 5.96 Å². The molecule has 0 radical (unpaired) electrons. The molecule has 0 saturated heterocycles. The van der Waals surface area contributed by atoms with E-state index in [9.17, 15) is 19.5 Å². The molecule has 42 heavy (non-hydrogen) atoms. The van der Waals surface area contributed by atoms with Crippen LogP contribution in [-0.4, -0.2) is 59.7 Å². The second-order valence-electron chi connectivity index (χ2n) is 11.5. The summed E-state index contributed by atoms with van der Waals surface area (Å²) in [6.45, 7) is 13.0. The zero-order valence-electron chi connectivity index (χ0n) is 25.5. The van der Waals surface area contributed by atoms with Gasteiger partial charge >= 0.3 is 18.2 Å². The summed E-state index contributed by atoms with van der Waals surface area (Å²) in [7, 11) is 0. The molecule has 2 aromatic rings. The number of ether oxygens (including phenoxy) is 4. The Bertz CT molecular complexity index is 1160. The number of benzene rings is 2. The molecule has 0 spiro atoms. The van der Waals surface area contributed by atoms with Gasteiger partial charge in [-0.1, -0.05) is 24.3 Å². The highest BCUT2D eigenvalue weighted by Gasteiger charge is 2.21. The predicted octanol–water partition coefficient (Wildman–Crippen LogP) is 5.77. The third-order valence-corrected chi connectivity index (χ3v) is 5.28. The Balaban J connectivity index is 1.93. The van der Waals surface area contributed by atoms with Gasteiger partial charge in [0.15, 0.2) is 6.10 Å². The molecule has 0 aliphatic rings. The highest BCUT2D eigenvalue weighted by atomic mass is 16.6. The van der Waals surface area contributed by atoms with E-state index >= 15 is 0 Å². The maximum absolute atomic E-state index is 12.3. The lowest BCUT2D eigenvalue weighted by Crippen LogP contribution is -2.47. The lowest BCUT2D eigenvalue weighted by atomic mass is 10.1. The summed E-state index contributed by atoms with van der Waals surface area (Å²) in [5.41, 5.74) is 0.963. The summed E-state index contributed by atoms with van der Waals surface area (Å²) >= 11 is 0. The molecule has 2 rings (SSSR count). The van der Waals surface area contributed by atoms with Crippen molar-refractivity contribution in [3.05, 3.63) is 59.7 Å². The van der Waals surface area contributed by atoms with Gasteiger partial charge in [-0.3, -0.25) is 10.6 Å². The van der Waals surface area contributed by atoms with E-state index in [0.717, 1.165) is 24.0 Å². The van der Waals surface area contributed by atoms with Gasteiger partial charge < -0.3 is 24.1 Å². The van der Waals surface area contributed by atoms with Crippen LogP contribution in [0.15, 0.2) is 53.5 Å². The molecule has 11 heteroatoms. The van der Waals surface area contributed by atoms with Gasteiger partial charge in [-0.25, -0.2) is 19.4 Å². The van der Waals surface area contributed by atoms with Gasteiger partial charge in [-0.2, -0.15) is 0 Å². The number of amides is 2. The molecule has 0 bridgehead atoms. The fraction of sp³-hybridized carbons (Fsp3) is 0.484. The minimum atomic E-state index is -0.979. The molecular formula is C31H43N3O8. The molecule has 2 aromatic carbocycles. The number of carboxylic acid groups (broad SMARTS) is 1. The summed E-state index contributed by atoms with van der Waals surface area (Å²) < 4.78 is 21.6. The average Bonchev–Trinajstić information content (AvgIpc) is 2.85. The Morgan fingerprint density at radius 3 is 1.83 bits per heavy atom. The minimum Gasteiger partial charge on any atom is -0.494 e. The molecule has 0 aliphatic carbocycles.